The predicted octanol–water partition coefficient (Wildman–Crippen LogP) is 3.30. The number of aryl methyl sites for hydroxylation is 1. The Balaban J connectivity index is 2.28. The molecule has 4 nitrogen and oxygen atoms in total. The molecule has 22 heavy (non-hydrogen) atoms. The van der Waals surface area contributed by atoms with E-state index in [1.54, 1.807) is 31.2 Å². The average molecular weight is 323 g/mol. The summed E-state index contributed by atoms with van der Waals surface area (Å²) in [5.74, 6) is -0.0790. The molecule has 0 radical (unpaired) electrons. The van der Waals surface area contributed by atoms with Crippen molar-refractivity contribution in [1.82, 2.24) is 4.31 Å². The van der Waals surface area contributed by atoms with Crippen LogP contribution in [-0.4, -0.2) is 30.1 Å². The summed E-state index contributed by atoms with van der Waals surface area (Å²) in [4.78, 5) is 12.3. The Bertz CT molecular complexity index is 651. The van der Waals surface area contributed by atoms with E-state index in [-0.39, 0.29) is 16.7 Å². The number of Topliss-reactive ketones (excluding diaryl/α,β-unsaturated/α-hetero) is 1. The van der Waals surface area contributed by atoms with Gasteiger partial charge in [-0.05, 0) is 39.3 Å². The maximum absolute atomic E-state index is 12.8. The lowest BCUT2D eigenvalue weighted by Crippen LogP contribution is -2.27. The third kappa shape index (κ3) is 2.84. The molecule has 122 valence electrons. The molecule has 2 rings (SSSR count). The zero-order valence-corrected chi connectivity index (χ0v) is 14.6. The van der Waals surface area contributed by atoms with E-state index >= 15 is 0 Å². The van der Waals surface area contributed by atoms with Crippen molar-refractivity contribution in [3.8, 4) is 0 Å². The standard InChI is InChI=1S/C17H25NO3S/c1-5-6-7-8-16-17(4,14(3)19)18(16)22(20,21)15-11-9-13(2)10-12-15/h9-12,16H,5-8H2,1-4H3/t16-,17-,18?/m1/s1. The Morgan fingerprint density at radius 1 is 1.23 bits per heavy atom. The Morgan fingerprint density at radius 3 is 2.32 bits per heavy atom. The Labute approximate surface area is 133 Å². The quantitative estimate of drug-likeness (QED) is 0.571. The van der Waals surface area contributed by atoms with Crippen molar-refractivity contribution >= 4 is 15.8 Å². The maximum Gasteiger partial charge on any atom is 0.244 e. The average Bonchev–Trinajstić information content (AvgIpc) is 3.07. The fraction of sp³-hybridized carbons (Fsp3) is 0.588. The second-order valence-electron chi connectivity index (χ2n) is 6.33. The van der Waals surface area contributed by atoms with E-state index < -0.39 is 15.6 Å². The zero-order chi connectivity index (χ0) is 16.5. The number of hydrogen-bond donors (Lipinski definition) is 0. The van der Waals surface area contributed by atoms with Gasteiger partial charge < -0.3 is 0 Å². The first-order valence-electron chi connectivity index (χ1n) is 7.88. The Hall–Kier alpha value is -1.20. The summed E-state index contributed by atoms with van der Waals surface area (Å²) in [7, 11) is -3.61. The van der Waals surface area contributed by atoms with Crippen molar-refractivity contribution in [2.24, 2.45) is 0 Å². The minimum Gasteiger partial charge on any atom is -0.298 e. The van der Waals surface area contributed by atoms with E-state index in [2.05, 4.69) is 6.92 Å². The highest BCUT2D eigenvalue weighted by atomic mass is 32.2. The summed E-state index contributed by atoms with van der Waals surface area (Å²) >= 11 is 0. The van der Waals surface area contributed by atoms with Gasteiger partial charge in [0.1, 0.15) is 5.54 Å². The lowest BCUT2D eigenvalue weighted by Gasteiger charge is -2.10. The molecule has 1 unspecified atom stereocenters. The van der Waals surface area contributed by atoms with Gasteiger partial charge >= 0.3 is 0 Å². The minimum atomic E-state index is -3.61. The van der Waals surface area contributed by atoms with Gasteiger partial charge in [-0.15, -0.1) is 0 Å². The second-order valence-corrected chi connectivity index (χ2v) is 8.14. The van der Waals surface area contributed by atoms with E-state index in [0.29, 0.717) is 0 Å². The summed E-state index contributed by atoms with van der Waals surface area (Å²) in [6.07, 6.45) is 3.83. The van der Waals surface area contributed by atoms with Gasteiger partial charge in [-0.3, -0.25) is 4.79 Å². The van der Waals surface area contributed by atoms with Gasteiger partial charge in [0, 0.05) is 0 Å². The smallest absolute Gasteiger partial charge is 0.244 e. The highest BCUT2D eigenvalue weighted by molar-refractivity contribution is 7.89. The molecule has 0 amide bonds. The van der Waals surface area contributed by atoms with Crippen LogP contribution in [0.1, 0.15) is 52.0 Å². The van der Waals surface area contributed by atoms with E-state index in [4.69, 9.17) is 0 Å². The van der Waals surface area contributed by atoms with E-state index in [0.717, 1.165) is 31.2 Å². The topological polar surface area (TPSA) is 54.2 Å². The molecular formula is C17H25NO3S. The SMILES string of the molecule is CCCCC[C@H]1N(S(=O)(=O)c2ccc(C)cc2)[C@]1(C)C(C)=O. The van der Waals surface area contributed by atoms with Gasteiger partial charge in [0.25, 0.3) is 0 Å². The number of hydrogen-bond acceptors (Lipinski definition) is 3. The fourth-order valence-corrected chi connectivity index (χ4v) is 5.10. The summed E-state index contributed by atoms with van der Waals surface area (Å²) < 4.78 is 27.1. The van der Waals surface area contributed by atoms with Crippen molar-refractivity contribution in [2.45, 2.75) is 69.9 Å². The normalized spacial score (nSPS) is 27.6. The number of unbranched alkanes of at least 4 members (excludes halogenated alkanes) is 2. The van der Waals surface area contributed by atoms with Crippen molar-refractivity contribution in [3.05, 3.63) is 29.8 Å². The van der Waals surface area contributed by atoms with Crippen LogP contribution in [0.4, 0.5) is 0 Å². The molecule has 1 fully saturated rings. The zero-order valence-electron chi connectivity index (χ0n) is 13.8. The molecular weight excluding hydrogens is 298 g/mol. The highest BCUT2D eigenvalue weighted by Gasteiger charge is 2.67. The summed E-state index contributed by atoms with van der Waals surface area (Å²) in [6.45, 7) is 7.26. The van der Waals surface area contributed by atoms with E-state index in [1.165, 1.54) is 11.2 Å². The molecule has 1 aromatic rings. The lowest BCUT2D eigenvalue weighted by molar-refractivity contribution is -0.119. The number of benzene rings is 1. The lowest BCUT2D eigenvalue weighted by atomic mass is 9.99. The summed E-state index contributed by atoms with van der Waals surface area (Å²) in [5, 5.41) is 0. The molecule has 0 saturated carbocycles. The molecule has 3 atom stereocenters. The number of sulfonamides is 1. The first-order valence-corrected chi connectivity index (χ1v) is 9.32. The van der Waals surface area contributed by atoms with Crippen LogP contribution in [0.3, 0.4) is 0 Å². The molecule has 0 N–H and O–H groups in total. The highest BCUT2D eigenvalue weighted by Crippen LogP contribution is 2.48. The van der Waals surface area contributed by atoms with Crippen LogP contribution in [-0.2, 0) is 14.8 Å². The van der Waals surface area contributed by atoms with Crippen molar-refractivity contribution in [1.29, 1.82) is 0 Å². The minimum absolute atomic E-state index is 0.0790. The molecule has 1 aliphatic rings. The fourth-order valence-electron chi connectivity index (χ4n) is 3.04. The monoisotopic (exact) mass is 323 g/mol. The third-order valence-corrected chi connectivity index (χ3v) is 6.71. The number of ketones is 1. The largest absolute Gasteiger partial charge is 0.298 e. The molecule has 1 saturated heterocycles. The first kappa shape index (κ1) is 17.2. The van der Waals surface area contributed by atoms with Gasteiger partial charge in [-0.1, -0.05) is 43.9 Å². The number of nitrogens with zero attached hydrogens (tertiary/aromatic N) is 1. The van der Waals surface area contributed by atoms with Gasteiger partial charge in [0.05, 0.1) is 10.9 Å². The molecule has 1 heterocycles. The van der Waals surface area contributed by atoms with E-state index in [1.807, 2.05) is 6.92 Å². The second kappa shape index (κ2) is 6.13. The van der Waals surface area contributed by atoms with Crippen molar-refractivity contribution < 1.29 is 13.2 Å². The van der Waals surface area contributed by atoms with Gasteiger partial charge in [-0.25, -0.2) is 8.42 Å². The van der Waals surface area contributed by atoms with Gasteiger partial charge in [0.2, 0.25) is 10.0 Å². The Kier molecular flexibility index (Phi) is 4.78. The van der Waals surface area contributed by atoms with Crippen molar-refractivity contribution in [2.75, 3.05) is 0 Å². The molecule has 0 bridgehead atoms. The third-order valence-electron chi connectivity index (χ3n) is 4.69. The first-order chi connectivity index (χ1) is 10.3. The molecule has 0 aromatic heterocycles. The number of rotatable bonds is 7. The Morgan fingerprint density at radius 2 is 1.82 bits per heavy atom. The number of carbonyl (C=O) groups is 1. The van der Waals surface area contributed by atoms with Crippen molar-refractivity contribution in [3.63, 3.8) is 0 Å². The summed E-state index contributed by atoms with van der Waals surface area (Å²) in [5.41, 5.74) is 0.135. The van der Waals surface area contributed by atoms with Gasteiger partial charge in [0.15, 0.2) is 5.78 Å². The van der Waals surface area contributed by atoms with Crippen LogP contribution in [0.5, 0.6) is 0 Å². The summed E-state index contributed by atoms with van der Waals surface area (Å²) in [6, 6.07) is 6.60. The van der Waals surface area contributed by atoms with Crippen LogP contribution < -0.4 is 0 Å². The van der Waals surface area contributed by atoms with Crippen LogP contribution >= 0.6 is 0 Å². The molecule has 1 aromatic carbocycles. The maximum atomic E-state index is 12.8. The van der Waals surface area contributed by atoms with Crippen LogP contribution in [0.15, 0.2) is 29.2 Å². The van der Waals surface area contributed by atoms with Crippen LogP contribution in [0, 0.1) is 6.92 Å². The predicted molar refractivity (Wildman–Crippen MR) is 87.2 cm³/mol. The van der Waals surface area contributed by atoms with E-state index in [9.17, 15) is 13.2 Å². The number of carbonyl (C=O) groups excluding carboxylic acids is 1. The van der Waals surface area contributed by atoms with Crippen LogP contribution in [0.2, 0.25) is 0 Å². The van der Waals surface area contributed by atoms with Gasteiger partial charge in [-0.2, -0.15) is 4.31 Å². The molecule has 1 aliphatic heterocycles. The van der Waals surface area contributed by atoms with Crippen LogP contribution in [0.25, 0.3) is 0 Å². The molecule has 0 spiro atoms. The molecule has 0 aliphatic carbocycles. The molecule has 5 heteroatoms.